The molecule has 10 amide bonds. The van der Waals surface area contributed by atoms with Crippen molar-refractivity contribution in [2.75, 3.05) is 132 Å². The molecule has 414 valence electrons. The second-order valence-electron chi connectivity index (χ2n) is 18.4. The van der Waals surface area contributed by atoms with E-state index < -0.39 is 187 Å². The molecule has 0 aliphatic carbocycles. The summed E-state index contributed by atoms with van der Waals surface area (Å²) in [6.07, 6.45) is -8.03. The van der Waals surface area contributed by atoms with Gasteiger partial charge in [-0.2, -0.15) is 0 Å². The molecule has 0 aromatic heterocycles. The van der Waals surface area contributed by atoms with Crippen LogP contribution in [0.15, 0.2) is 0 Å². The van der Waals surface area contributed by atoms with Crippen LogP contribution in [0.5, 0.6) is 0 Å². The number of primary amides is 1. The van der Waals surface area contributed by atoms with Crippen LogP contribution in [0.2, 0.25) is 0 Å². The minimum absolute atomic E-state index is 0.164. The van der Waals surface area contributed by atoms with Crippen LogP contribution < -0.4 is 11.1 Å². The zero-order valence-electron chi connectivity index (χ0n) is 43.4. The number of carbonyl (C=O) groups is 10. The van der Waals surface area contributed by atoms with Crippen molar-refractivity contribution in [3.8, 4) is 0 Å². The summed E-state index contributed by atoms with van der Waals surface area (Å²) < 4.78 is 0. The molecule has 0 spiro atoms. The Kier molecular flexibility index (Phi) is 30.6. The average molecular weight is 1040 g/mol. The normalized spacial score (nSPS) is 14.0. The van der Waals surface area contributed by atoms with Gasteiger partial charge in [-0.1, -0.05) is 0 Å². The number of nitrogens with zero attached hydrogens (tertiary/aromatic N) is 9. The molecule has 10 N–H and O–H groups in total. The lowest BCUT2D eigenvalue weighted by molar-refractivity contribution is -0.150. The van der Waals surface area contributed by atoms with Crippen LogP contribution in [-0.2, 0) is 47.9 Å². The molecule has 28 nitrogen and oxygen atoms in total. The monoisotopic (exact) mass is 1040 g/mol. The number of amides is 10. The Morgan fingerprint density at radius 2 is 0.514 bits per heavy atom. The maximum Gasteiger partial charge on any atom is 0.242 e. The van der Waals surface area contributed by atoms with E-state index in [-0.39, 0.29) is 26.2 Å². The van der Waals surface area contributed by atoms with Crippen LogP contribution in [0.4, 0.5) is 0 Å². The first-order chi connectivity index (χ1) is 33.3. The van der Waals surface area contributed by atoms with Gasteiger partial charge < -0.3 is 90.9 Å². The maximum atomic E-state index is 13.9. The van der Waals surface area contributed by atoms with Gasteiger partial charge in [0.15, 0.2) is 0 Å². The number of hydrogen-bond acceptors (Lipinski definition) is 18. The van der Waals surface area contributed by atoms with Crippen LogP contribution in [0.25, 0.3) is 0 Å². The predicted molar refractivity (Wildman–Crippen MR) is 256 cm³/mol. The van der Waals surface area contributed by atoms with E-state index in [1.165, 1.54) is 69.6 Å². The number of aliphatic hydroxyl groups excluding tert-OH is 7. The molecule has 0 aromatic carbocycles. The highest BCUT2D eigenvalue weighted by Gasteiger charge is 2.32. The molecule has 0 aliphatic rings. The Labute approximate surface area is 420 Å². The quantitative estimate of drug-likeness (QED) is 0.0289. The third-order valence-electron chi connectivity index (χ3n) is 10.1. The number of nitrogens with two attached hydrogens (primary N) is 1. The molecule has 0 heterocycles. The van der Waals surface area contributed by atoms with E-state index >= 15 is 0 Å². The van der Waals surface area contributed by atoms with Crippen LogP contribution in [-0.4, -0.2) is 314 Å². The van der Waals surface area contributed by atoms with Crippen LogP contribution >= 0.6 is 0 Å². The van der Waals surface area contributed by atoms with Crippen LogP contribution in [0.1, 0.15) is 48.5 Å². The maximum absolute atomic E-state index is 13.9. The molecule has 72 heavy (non-hydrogen) atoms. The third-order valence-corrected chi connectivity index (χ3v) is 10.1. The van der Waals surface area contributed by atoms with Crippen molar-refractivity contribution >= 4 is 59.1 Å². The fraction of sp³-hybridized carbons (Fsp3) is 0.773. The van der Waals surface area contributed by atoms with Crippen molar-refractivity contribution in [3.05, 3.63) is 0 Å². The summed E-state index contributed by atoms with van der Waals surface area (Å²) in [6, 6.07) is 0. The largest absolute Gasteiger partial charge is 0.392 e. The lowest BCUT2D eigenvalue weighted by atomic mass is 10.2. The van der Waals surface area contributed by atoms with Gasteiger partial charge in [-0.3, -0.25) is 47.9 Å². The zero-order valence-corrected chi connectivity index (χ0v) is 43.4. The van der Waals surface area contributed by atoms with E-state index in [0.29, 0.717) is 0 Å². The summed E-state index contributed by atoms with van der Waals surface area (Å²) in [7, 11) is 3.94. The van der Waals surface area contributed by atoms with E-state index in [1.54, 1.807) is 0 Å². The fourth-order valence-corrected chi connectivity index (χ4v) is 6.87. The second kappa shape index (κ2) is 33.2. The Balaban J connectivity index is 6.32. The summed E-state index contributed by atoms with van der Waals surface area (Å²) in [6.45, 7) is 0.484. The molecule has 7 unspecified atom stereocenters. The summed E-state index contributed by atoms with van der Waals surface area (Å²) >= 11 is 0. The van der Waals surface area contributed by atoms with Crippen molar-refractivity contribution < 1.29 is 83.7 Å². The van der Waals surface area contributed by atoms with E-state index in [1.807, 2.05) is 0 Å². The van der Waals surface area contributed by atoms with E-state index in [4.69, 9.17) is 5.73 Å². The minimum Gasteiger partial charge on any atom is -0.392 e. The Morgan fingerprint density at radius 3 is 0.708 bits per heavy atom. The summed E-state index contributed by atoms with van der Waals surface area (Å²) in [5, 5.41) is 73.6. The zero-order chi connectivity index (χ0) is 55.7. The van der Waals surface area contributed by atoms with Gasteiger partial charge in [0.05, 0.1) is 108 Å². The van der Waals surface area contributed by atoms with E-state index in [2.05, 4.69) is 5.32 Å². The first-order valence-electron chi connectivity index (χ1n) is 23.4. The second-order valence-corrected chi connectivity index (χ2v) is 18.4. The molecule has 0 aliphatic heterocycles. The van der Waals surface area contributed by atoms with Gasteiger partial charge in [-0.15, -0.1) is 0 Å². The number of carbonyl (C=O) groups excluding carboxylic acids is 10. The fourth-order valence-electron chi connectivity index (χ4n) is 6.87. The van der Waals surface area contributed by atoms with E-state index in [9.17, 15) is 83.7 Å². The van der Waals surface area contributed by atoms with Gasteiger partial charge in [-0.25, -0.2) is 0 Å². The number of hydrogen-bond donors (Lipinski definition) is 9. The van der Waals surface area contributed by atoms with Gasteiger partial charge in [0.1, 0.15) is 0 Å². The smallest absolute Gasteiger partial charge is 0.242 e. The topological polar surface area (TPSA) is 380 Å². The molecule has 0 aromatic rings. The minimum atomic E-state index is -1.23. The highest BCUT2D eigenvalue weighted by atomic mass is 16.3. The van der Waals surface area contributed by atoms with Crippen LogP contribution in [0.3, 0.4) is 0 Å². The molecule has 0 radical (unpaired) electrons. The van der Waals surface area contributed by atoms with Gasteiger partial charge in [0.2, 0.25) is 59.1 Å². The standard InChI is InChI=1S/C44H81N11O17/c1-28(56)12-49(19-35(45)63)39(67)20-47(9)37(65)22-51(14-30(3)58)43(71)27-55(18-34(7)62)44(72)25-53(16-32(5)60)40(68)21-48(10)38(66)23-52(15-31(4)59)42(70)26-54(17-33(6)61)41(69)24-50(13-29(2)57)36(64)11-46-8/h28-34,46,56-62H,11-27H2,1-10H3,(H2,45,63). The number of rotatable bonds is 34. The first-order valence-corrected chi connectivity index (χ1v) is 23.4. The summed E-state index contributed by atoms with van der Waals surface area (Å²) in [5.41, 5.74) is 5.22. The molecule has 0 bridgehead atoms. The Bertz CT molecular complexity index is 1800. The molecule has 7 atom stereocenters. The average Bonchev–Trinajstić information content (AvgIpc) is 3.23. The van der Waals surface area contributed by atoms with Gasteiger partial charge in [0.25, 0.3) is 0 Å². The molecule has 0 rings (SSSR count). The third kappa shape index (κ3) is 27.3. The lowest BCUT2D eigenvalue weighted by Crippen LogP contribution is -2.54. The molecule has 28 heteroatoms. The highest BCUT2D eigenvalue weighted by molar-refractivity contribution is 5.94. The van der Waals surface area contributed by atoms with Crippen molar-refractivity contribution in [3.63, 3.8) is 0 Å². The summed E-state index contributed by atoms with van der Waals surface area (Å²) in [4.78, 5) is 141. The Hall–Kier alpha value is -5.62. The number of aliphatic hydroxyl groups is 7. The molecule has 0 fully saturated rings. The molecular formula is C44H81N11O17. The lowest BCUT2D eigenvalue weighted by Gasteiger charge is -2.33. The molecule has 0 saturated carbocycles. The van der Waals surface area contributed by atoms with Crippen molar-refractivity contribution in [2.24, 2.45) is 5.73 Å². The highest BCUT2D eigenvalue weighted by Crippen LogP contribution is 2.08. The van der Waals surface area contributed by atoms with Crippen molar-refractivity contribution in [1.29, 1.82) is 0 Å². The number of nitrogens with one attached hydrogen (secondary N) is 1. The first kappa shape index (κ1) is 66.4. The SMILES string of the molecule is CNCC(=O)N(CC(=O)N(CC(=O)N(CC(=O)N(C)CC(=O)N(CC(=O)N(CC(=O)N(CC(=O)N(C)CC(=O)N(CC(N)=O)CC(C)O)CC(C)O)CC(C)O)CC(C)O)CC(C)O)CC(C)O)CC(C)O. The van der Waals surface area contributed by atoms with E-state index in [0.717, 1.165) is 44.1 Å². The van der Waals surface area contributed by atoms with Gasteiger partial charge in [0, 0.05) is 59.9 Å². The van der Waals surface area contributed by atoms with Crippen LogP contribution in [0, 0.1) is 0 Å². The number of likely N-dealkylation sites (N-methyl/N-ethyl adjacent to an activating group) is 3. The predicted octanol–water partition coefficient (Wildman–Crippen LogP) is -7.93. The molecular weight excluding hydrogens is 955 g/mol. The summed E-state index contributed by atoms with van der Waals surface area (Å²) in [5.74, 6) is -8.11. The van der Waals surface area contributed by atoms with Crippen molar-refractivity contribution in [1.82, 2.24) is 49.4 Å². The van der Waals surface area contributed by atoms with Gasteiger partial charge >= 0.3 is 0 Å². The molecule has 0 saturated heterocycles. The Morgan fingerprint density at radius 1 is 0.333 bits per heavy atom. The van der Waals surface area contributed by atoms with Gasteiger partial charge in [-0.05, 0) is 55.5 Å². The van der Waals surface area contributed by atoms with Crippen molar-refractivity contribution in [2.45, 2.75) is 91.2 Å².